The number of hydrogen-bond donors (Lipinski definition) is 0. The Bertz CT molecular complexity index is 763. The molecule has 1 unspecified atom stereocenters. The number of methoxy groups -OCH3 is 1. The van der Waals surface area contributed by atoms with E-state index in [2.05, 4.69) is 0 Å². The molecule has 1 saturated heterocycles. The van der Waals surface area contributed by atoms with Crippen LogP contribution in [0.25, 0.3) is 0 Å². The van der Waals surface area contributed by atoms with Crippen molar-refractivity contribution in [3.8, 4) is 5.75 Å². The summed E-state index contributed by atoms with van der Waals surface area (Å²) in [7, 11) is -1.52. The molecule has 7 nitrogen and oxygen atoms in total. The second kappa shape index (κ2) is 8.53. The second-order valence-electron chi connectivity index (χ2n) is 6.42. The molecule has 2 rings (SSSR count). The first-order chi connectivity index (χ1) is 12.3. The van der Waals surface area contributed by atoms with Gasteiger partial charge >= 0.3 is 0 Å². The van der Waals surface area contributed by atoms with Crippen LogP contribution < -0.4 is 4.74 Å². The smallest absolute Gasteiger partial charge is 0.242 e. The molecule has 0 radical (unpaired) electrons. The zero-order chi connectivity index (χ0) is 19.3. The van der Waals surface area contributed by atoms with E-state index < -0.39 is 9.84 Å². The number of carbonyl (C=O) groups excluding carboxylic acids is 2. The van der Waals surface area contributed by atoms with Crippen LogP contribution in [-0.2, 0) is 26.0 Å². The van der Waals surface area contributed by atoms with Gasteiger partial charge in [0.05, 0.1) is 18.6 Å². The molecule has 1 aliphatic heterocycles. The third-order valence-electron chi connectivity index (χ3n) is 4.64. The van der Waals surface area contributed by atoms with Gasteiger partial charge in [0.2, 0.25) is 11.8 Å². The van der Waals surface area contributed by atoms with Gasteiger partial charge in [-0.25, -0.2) is 8.42 Å². The lowest BCUT2D eigenvalue weighted by Crippen LogP contribution is -2.47. The molecule has 1 aromatic rings. The van der Waals surface area contributed by atoms with E-state index in [0.717, 1.165) is 5.56 Å². The van der Waals surface area contributed by atoms with Crippen LogP contribution in [0.15, 0.2) is 24.3 Å². The zero-order valence-corrected chi connectivity index (χ0v) is 16.3. The summed E-state index contributed by atoms with van der Waals surface area (Å²) in [5.74, 6) is 0.303. The van der Waals surface area contributed by atoms with Crippen molar-refractivity contribution < 1.29 is 22.7 Å². The number of likely N-dealkylation sites (N-methyl/N-ethyl adjacent to an activating group) is 1. The Morgan fingerprint density at radius 2 is 1.96 bits per heavy atom. The lowest BCUT2D eigenvalue weighted by Gasteiger charge is -2.30. The van der Waals surface area contributed by atoms with E-state index in [-0.39, 0.29) is 42.5 Å². The number of para-hydroxylation sites is 1. The molecule has 1 atom stereocenters. The van der Waals surface area contributed by atoms with E-state index in [1.807, 2.05) is 25.1 Å². The first-order valence-electron chi connectivity index (χ1n) is 8.64. The van der Waals surface area contributed by atoms with Gasteiger partial charge < -0.3 is 14.5 Å². The van der Waals surface area contributed by atoms with Gasteiger partial charge in [0, 0.05) is 31.6 Å². The number of amides is 2. The molecular formula is C18H26N2O5S. The number of ether oxygens (including phenoxy) is 1. The minimum Gasteiger partial charge on any atom is -0.496 e. The molecule has 0 N–H and O–H groups in total. The van der Waals surface area contributed by atoms with Crippen molar-refractivity contribution in [1.29, 1.82) is 0 Å². The first kappa shape index (κ1) is 20.2. The SMILES string of the molecule is CCN(C(=O)CN(Cc1ccccc1OC)C(C)=O)C1CCS(=O)(=O)C1. The van der Waals surface area contributed by atoms with Crippen molar-refractivity contribution in [3.63, 3.8) is 0 Å². The van der Waals surface area contributed by atoms with Gasteiger partial charge in [-0.3, -0.25) is 9.59 Å². The third-order valence-corrected chi connectivity index (χ3v) is 6.39. The monoisotopic (exact) mass is 382 g/mol. The van der Waals surface area contributed by atoms with Gasteiger partial charge in [-0.15, -0.1) is 0 Å². The van der Waals surface area contributed by atoms with Crippen LogP contribution in [0, 0.1) is 0 Å². The third kappa shape index (κ3) is 4.97. The van der Waals surface area contributed by atoms with Gasteiger partial charge in [-0.1, -0.05) is 18.2 Å². The van der Waals surface area contributed by atoms with Crippen LogP contribution in [0.5, 0.6) is 5.75 Å². The van der Waals surface area contributed by atoms with E-state index in [9.17, 15) is 18.0 Å². The normalized spacial score (nSPS) is 18.3. The number of nitrogens with zero attached hydrogens (tertiary/aromatic N) is 2. The molecule has 0 aromatic heterocycles. The molecule has 1 fully saturated rings. The second-order valence-corrected chi connectivity index (χ2v) is 8.65. The van der Waals surface area contributed by atoms with Crippen molar-refractivity contribution in [3.05, 3.63) is 29.8 Å². The lowest BCUT2D eigenvalue weighted by atomic mass is 10.1. The van der Waals surface area contributed by atoms with Crippen molar-refractivity contribution >= 4 is 21.7 Å². The summed E-state index contributed by atoms with van der Waals surface area (Å²) in [5.41, 5.74) is 0.810. The van der Waals surface area contributed by atoms with Crippen LogP contribution >= 0.6 is 0 Å². The van der Waals surface area contributed by atoms with Gasteiger partial charge in [0.15, 0.2) is 9.84 Å². The Balaban J connectivity index is 2.10. The standard InChI is InChI=1S/C18H26N2O5S/c1-4-20(16-9-10-26(23,24)13-16)18(22)12-19(14(2)21)11-15-7-5-6-8-17(15)25-3/h5-8,16H,4,9-13H2,1-3H3. The largest absolute Gasteiger partial charge is 0.496 e. The zero-order valence-electron chi connectivity index (χ0n) is 15.5. The summed E-state index contributed by atoms with van der Waals surface area (Å²) < 4.78 is 28.7. The summed E-state index contributed by atoms with van der Waals surface area (Å²) >= 11 is 0. The summed E-state index contributed by atoms with van der Waals surface area (Å²) in [6, 6.07) is 7.03. The fourth-order valence-corrected chi connectivity index (χ4v) is 4.96. The van der Waals surface area contributed by atoms with Crippen molar-refractivity contribution in [1.82, 2.24) is 9.80 Å². The van der Waals surface area contributed by atoms with Crippen LogP contribution in [0.2, 0.25) is 0 Å². The van der Waals surface area contributed by atoms with Crippen LogP contribution in [0.4, 0.5) is 0 Å². The molecule has 0 saturated carbocycles. The average Bonchev–Trinajstić information content (AvgIpc) is 2.94. The van der Waals surface area contributed by atoms with E-state index in [4.69, 9.17) is 4.74 Å². The topological polar surface area (TPSA) is 84.0 Å². The van der Waals surface area contributed by atoms with E-state index in [0.29, 0.717) is 18.7 Å². The minimum atomic E-state index is -3.08. The quantitative estimate of drug-likeness (QED) is 0.705. The Morgan fingerprint density at radius 3 is 2.50 bits per heavy atom. The molecule has 0 spiro atoms. The predicted octanol–water partition coefficient (Wildman–Crippen LogP) is 1.08. The van der Waals surface area contributed by atoms with Gasteiger partial charge in [-0.05, 0) is 19.4 Å². The maximum absolute atomic E-state index is 12.7. The Kier molecular flexibility index (Phi) is 6.63. The molecule has 8 heteroatoms. The molecule has 0 bridgehead atoms. The fraction of sp³-hybridized carbons (Fsp3) is 0.556. The maximum Gasteiger partial charge on any atom is 0.242 e. The highest BCUT2D eigenvalue weighted by Crippen LogP contribution is 2.21. The number of rotatable bonds is 7. The molecule has 0 aliphatic carbocycles. The fourth-order valence-electron chi connectivity index (χ4n) is 3.23. The molecular weight excluding hydrogens is 356 g/mol. The Hall–Kier alpha value is -2.09. The number of carbonyl (C=O) groups is 2. The number of benzene rings is 1. The number of sulfone groups is 1. The summed E-state index contributed by atoms with van der Waals surface area (Å²) in [6.45, 7) is 3.82. The Morgan fingerprint density at radius 1 is 1.27 bits per heavy atom. The summed E-state index contributed by atoms with van der Waals surface area (Å²) in [4.78, 5) is 27.8. The van der Waals surface area contributed by atoms with Crippen LogP contribution in [-0.4, -0.2) is 67.8 Å². The minimum absolute atomic E-state index is 0.000834. The van der Waals surface area contributed by atoms with Crippen molar-refractivity contribution in [2.24, 2.45) is 0 Å². The summed E-state index contributed by atoms with van der Waals surface area (Å²) in [6.07, 6.45) is 0.453. The van der Waals surface area contributed by atoms with Gasteiger partial charge in [-0.2, -0.15) is 0 Å². The van der Waals surface area contributed by atoms with E-state index in [1.165, 1.54) is 11.8 Å². The molecule has 1 aliphatic rings. The molecule has 1 aromatic carbocycles. The van der Waals surface area contributed by atoms with Crippen molar-refractivity contribution in [2.45, 2.75) is 32.9 Å². The molecule has 2 amide bonds. The summed E-state index contributed by atoms with van der Waals surface area (Å²) in [5, 5.41) is 0. The maximum atomic E-state index is 12.7. The van der Waals surface area contributed by atoms with Crippen molar-refractivity contribution in [2.75, 3.05) is 31.7 Å². The lowest BCUT2D eigenvalue weighted by molar-refractivity contribution is -0.141. The highest BCUT2D eigenvalue weighted by atomic mass is 32.2. The van der Waals surface area contributed by atoms with Crippen LogP contribution in [0.1, 0.15) is 25.8 Å². The Labute approximate surface area is 154 Å². The predicted molar refractivity (Wildman–Crippen MR) is 98.5 cm³/mol. The number of hydrogen-bond acceptors (Lipinski definition) is 5. The average molecular weight is 382 g/mol. The van der Waals surface area contributed by atoms with E-state index in [1.54, 1.807) is 18.1 Å². The highest BCUT2D eigenvalue weighted by molar-refractivity contribution is 7.91. The molecule has 1 heterocycles. The van der Waals surface area contributed by atoms with Gasteiger partial charge in [0.25, 0.3) is 0 Å². The first-order valence-corrected chi connectivity index (χ1v) is 10.5. The van der Waals surface area contributed by atoms with E-state index >= 15 is 0 Å². The van der Waals surface area contributed by atoms with Crippen LogP contribution in [0.3, 0.4) is 0 Å². The highest BCUT2D eigenvalue weighted by Gasteiger charge is 2.34. The molecule has 26 heavy (non-hydrogen) atoms. The van der Waals surface area contributed by atoms with Gasteiger partial charge in [0.1, 0.15) is 12.3 Å². The molecule has 144 valence electrons.